The third kappa shape index (κ3) is 4.60. The van der Waals surface area contributed by atoms with Crippen LogP contribution >= 0.6 is 11.3 Å². The molecule has 30 heavy (non-hydrogen) atoms. The first-order valence-electron chi connectivity index (χ1n) is 10.9. The quantitative estimate of drug-likeness (QED) is 0.522. The molecule has 0 aliphatic carbocycles. The van der Waals surface area contributed by atoms with E-state index >= 15 is 0 Å². The van der Waals surface area contributed by atoms with Crippen molar-refractivity contribution in [3.05, 3.63) is 58.9 Å². The largest absolute Gasteiger partial charge is 0.351 e. The highest BCUT2D eigenvalue weighted by Gasteiger charge is 2.24. The summed E-state index contributed by atoms with van der Waals surface area (Å²) in [6, 6.07) is 11.7. The van der Waals surface area contributed by atoms with Gasteiger partial charge in [0, 0.05) is 31.7 Å². The predicted molar refractivity (Wildman–Crippen MR) is 122 cm³/mol. The molecule has 0 spiro atoms. The molecule has 1 aromatic carbocycles. The third-order valence-corrected chi connectivity index (χ3v) is 7.12. The van der Waals surface area contributed by atoms with Gasteiger partial charge in [-0.3, -0.25) is 9.69 Å². The molecule has 4 rings (SSSR count). The maximum Gasteiger partial charge on any atom is 0.267 e. The number of hydrogen-bond donors (Lipinski definition) is 1. The lowest BCUT2D eigenvalue weighted by Crippen LogP contribution is -2.44. The Balaban J connectivity index is 1.40. The maximum atomic E-state index is 13.3. The molecule has 0 radical (unpaired) electrons. The van der Waals surface area contributed by atoms with E-state index in [0.717, 1.165) is 28.7 Å². The standard InChI is InChI=1S/C24H30FN3OS/c1-17-5-3-6-18(2)27(17)13-4-12-26-24(29)22-15-23-21(11-14-30-23)28(22)16-19-7-9-20(25)10-8-19/h7-11,14-15,17-18H,3-6,12-13,16H2,1-2H3,(H,26,29)/t17-,18+. The van der Waals surface area contributed by atoms with Gasteiger partial charge in [-0.1, -0.05) is 18.6 Å². The monoisotopic (exact) mass is 427 g/mol. The van der Waals surface area contributed by atoms with E-state index < -0.39 is 0 Å². The van der Waals surface area contributed by atoms with Crippen LogP contribution in [0.2, 0.25) is 0 Å². The van der Waals surface area contributed by atoms with Gasteiger partial charge in [0.05, 0.1) is 10.2 Å². The van der Waals surface area contributed by atoms with Crippen molar-refractivity contribution in [3.63, 3.8) is 0 Å². The number of hydrogen-bond acceptors (Lipinski definition) is 3. The minimum absolute atomic E-state index is 0.0414. The normalized spacial score (nSPS) is 20.0. The smallest absolute Gasteiger partial charge is 0.267 e. The molecule has 160 valence electrons. The van der Waals surface area contributed by atoms with Gasteiger partial charge < -0.3 is 9.88 Å². The highest BCUT2D eigenvalue weighted by molar-refractivity contribution is 7.17. The molecule has 1 fully saturated rings. The zero-order valence-electron chi connectivity index (χ0n) is 17.7. The number of carbonyl (C=O) groups excluding carboxylic acids is 1. The van der Waals surface area contributed by atoms with Gasteiger partial charge in [-0.25, -0.2) is 4.39 Å². The number of benzene rings is 1. The van der Waals surface area contributed by atoms with Crippen LogP contribution in [0.15, 0.2) is 41.8 Å². The Morgan fingerprint density at radius 2 is 1.90 bits per heavy atom. The van der Waals surface area contributed by atoms with E-state index in [4.69, 9.17) is 0 Å². The topological polar surface area (TPSA) is 37.3 Å². The summed E-state index contributed by atoms with van der Waals surface area (Å²) in [6.07, 6.45) is 4.81. The van der Waals surface area contributed by atoms with Crippen molar-refractivity contribution in [2.45, 2.75) is 58.2 Å². The van der Waals surface area contributed by atoms with Gasteiger partial charge in [0.25, 0.3) is 5.91 Å². The van der Waals surface area contributed by atoms with E-state index in [9.17, 15) is 9.18 Å². The summed E-state index contributed by atoms with van der Waals surface area (Å²) in [5.41, 5.74) is 2.69. The number of fused-ring (bicyclic) bond motifs is 1. The average molecular weight is 428 g/mol. The highest BCUT2D eigenvalue weighted by Crippen LogP contribution is 2.26. The van der Waals surface area contributed by atoms with Gasteiger partial charge in [-0.05, 0) is 68.3 Å². The minimum atomic E-state index is -0.248. The Kier molecular flexibility index (Phi) is 6.54. The number of piperidine rings is 1. The average Bonchev–Trinajstić information content (AvgIpc) is 3.31. The number of nitrogens with one attached hydrogen (secondary N) is 1. The lowest BCUT2D eigenvalue weighted by Gasteiger charge is -2.39. The van der Waals surface area contributed by atoms with Crippen LogP contribution in [0.5, 0.6) is 0 Å². The van der Waals surface area contributed by atoms with Crippen LogP contribution in [0.4, 0.5) is 4.39 Å². The summed E-state index contributed by atoms with van der Waals surface area (Å²) in [4.78, 5) is 15.5. The highest BCUT2D eigenvalue weighted by atomic mass is 32.1. The van der Waals surface area contributed by atoms with Crippen molar-refractivity contribution in [2.24, 2.45) is 0 Å². The number of nitrogens with zero attached hydrogens (tertiary/aromatic N) is 2. The third-order valence-electron chi connectivity index (χ3n) is 6.26. The molecule has 0 saturated carbocycles. The molecule has 3 heterocycles. The molecule has 0 unspecified atom stereocenters. The van der Waals surface area contributed by atoms with Gasteiger partial charge in [-0.15, -0.1) is 11.3 Å². The molecule has 4 nitrogen and oxygen atoms in total. The molecule has 3 aromatic rings. The summed E-state index contributed by atoms with van der Waals surface area (Å²) in [5.74, 6) is -0.289. The first-order chi connectivity index (χ1) is 14.5. The maximum absolute atomic E-state index is 13.3. The molecule has 1 saturated heterocycles. The zero-order chi connectivity index (χ0) is 21.1. The van der Waals surface area contributed by atoms with E-state index in [1.807, 2.05) is 22.1 Å². The summed E-state index contributed by atoms with van der Waals surface area (Å²) < 4.78 is 16.4. The van der Waals surface area contributed by atoms with E-state index in [-0.39, 0.29) is 11.7 Å². The van der Waals surface area contributed by atoms with Crippen LogP contribution < -0.4 is 5.32 Å². The van der Waals surface area contributed by atoms with Crippen LogP contribution in [0, 0.1) is 5.82 Å². The molecule has 0 bridgehead atoms. The molecule has 1 N–H and O–H groups in total. The summed E-state index contributed by atoms with van der Waals surface area (Å²) in [5, 5.41) is 5.15. The van der Waals surface area contributed by atoms with Gasteiger partial charge in [-0.2, -0.15) is 0 Å². The fraction of sp³-hybridized carbons (Fsp3) is 0.458. The van der Waals surface area contributed by atoms with Gasteiger partial charge in [0.15, 0.2) is 0 Å². The number of rotatable bonds is 7. The van der Waals surface area contributed by atoms with Crippen LogP contribution in [-0.2, 0) is 6.54 Å². The molecule has 2 atom stereocenters. The number of thiophene rings is 1. The van der Waals surface area contributed by atoms with Crippen LogP contribution in [0.25, 0.3) is 10.2 Å². The molecule has 1 amide bonds. The van der Waals surface area contributed by atoms with E-state index in [0.29, 0.717) is 30.9 Å². The van der Waals surface area contributed by atoms with Crippen molar-refractivity contribution in [1.82, 2.24) is 14.8 Å². The lowest BCUT2D eigenvalue weighted by atomic mass is 9.97. The number of carbonyl (C=O) groups is 1. The molecule has 1 aliphatic rings. The van der Waals surface area contributed by atoms with Crippen molar-refractivity contribution >= 4 is 27.5 Å². The van der Waals surface area contributed by atoms with E-state index in [1.54, 1.807) is 23.5 Å². The second kappa shape index (κ2) is 9.31. The lowest BCUT2D eigenvalue weighted by molar-refractivity contribution is 0.0918. The van der Waals surface area contributed by atoms with E-state index in [2.05, 4.69) is 24.1 Å². The first kappa shape index (κ1) is 21.1. The Bertz CT molecular complexity index is 984. The molecule has 6 heteroatoms. The zero-order valence-corrected chi connectivity index (χ0v) is 18.6. The molecular formula is C24H30FN3OS. The Morgan fingerprint density at radius 1 is 1.17 bits per heavy atom. The van der Waals surface area contributed by atoms with Crippen molar-refractivity contribution in [1.29, 1.82) is 0 Å². The van der Waals surface area contributed by atoms with Gasteiger partial charge in [0.1, 0.15) is 11.5 Å². The number of aromatic nitrogens is 1. The molecular weight excluding hydrogens is 397 g/mol. The SMILES string of the molecule is C[C@@H]1CCC[C@H](C)N1CCCNC(=O)c1cc2sccc2n1Cc1ccc(F)cc1. The van der Waals surface area contributed by atoms with Gasteiger partial charge >= 0.3 is 0 Å². The Hall–Kier alpha value is -2.18. The van der Waals surface area contributed by atoms with E-state index in [1.165, 1.54) is 31.4 Å². The Morgan fingerprint density at radius 3 is 2.63 bits per heavy atom. The van der Waals surface area contributed by atoms with Crippen molar-refractivity contribution in [3.8, 4) is 0 Å². The second-order valence-corrected chi connectivity index (χ2v) is 9.34. The van der Waals surface area contributed by atoms with Crippen LogP contribution in [-0.4, -0.2) is 40.5 Å². The first-order valence-corrected chi connectivity index (χ1v) is 11.8. The number of amides is 1. The summed E-state index contributed by atoms with van der Waals surface area (Å²) >= 11 is 1.63. The molecule has 2 aromatic heterocycles. The Labute approximate surface area is 181 Å². The summed E-state index contributed by atoms with van der Waals surface area (Å²) in [6.45, 7) is 6.86. The molecule has 1 aliphatic heterocycles. The van der Waals surface area contributed by atoms with Crippen molar-refractivity contribution in [2.75, 3.05) is 13.1 Å². The predicted octanol–water partition coefficient (Wildman–Crippen LogP) is 5.27. The minimum Gasteiger partial charge on any atom is -0.351 e. The van der Waals surface area contributed by atoms with Gasteiger partial charge in [0.2, 0.25) is 0 Å². The van der Waals surface area contributed by atoms with Crippen LogP contribution in [0.1, 0.15) is 55.6 Å². The summed E-state index contributed by atoms with van der Waals surface area (Å²) in [7, 11) is 0. The van der Waals surface area contributed by atoms with Crippen molar-refractivity contribution < 1.29 is 9.18 Å². The fourth-order valence-electron chi connectivity index (χ4n) is 4.58. The number of likely N-dealkylation sites (tertiary alicyclic amines) is 1. The fourth-order valence-corrected chi connectivity index (χ4v) is 5.40. The van der Waals surface area contributed by atoms with Crippen LogP contribution in [0.3, 0.4) is 0 Å². The second-order valence-electron chi connectivity index (χ2n) is 8.39. The number of halogens is 1.